The third-order valence-electron chi connectivity index (χ3n) is 4.59. The van der Waals surface area contributed by atoms with E-state index in [4.69, 9.17) is 16.6 Å². The number of nitrogens with zero attached hydrogens (tertiary/aromatic N) is 2. The lowest BCUT2D eigenvalue weighted by atomic mass is 10.1. The van der Waals surface area contributed by atoms with Gasteiger partial charge in [-0.25, -0.2) is 0 Å². The van der Waals surface area contributed by atoms with E-state index in [1.807, 2.05) is 36.4 Å². The maximum atomic E-state index is 12.3. The van der Waals surface area contributed by atoms with Crippen molar-refractivity contribution in [3.8, 4) is 11.3 Å². The molecular formula is C21H16N2O3S. The number of hydrogen-bond acceptors (Lipinski definition) is 4. The van der Waals surface area contributed by atoms with Gasteiger partial charge in [0.1, 0.15) is 17.0 Å². The SMILES string of the molecule is CN1C(=O)/C(=C\c2ccc(-c3cc(=O)c4ccccc4o3)cc2)N(C)C1=S. The maximum Gasteiger partial charge on any atom is 0.276 e. The summed E-state index contributed by atoms with van der Waals surface area (Å²) in [5, 5.41) is 1.03. The predicted octanol–water partition coefficient (Wildman–Crippen LogP) is 3.49. The first-order valence-electron chi connectivity index (χ1n) is 8.36. The molecule has 1 amide bonds. The van der Waals surface area contributed by atoms with E-state index in [-0.39, 0.29) is 11.3 Å². The first-order chi connectivity index (χ1) is 13.0. The van der Waals surface area contributed by atoms with E-state index in [1.54, 1.807) is 37.2 Å². The highest BCUT2D eigenvalue weighted by Crippen LogP contribution is 2.25. The van der Waals surface area contributed by atoms with Crippen molar-refractivity contribution < 1.29 is 9.21 Å². The van der Waals surface area contributed by atoms with E-state index in [0.717, 1.165) is 11.1 Å². The molecule has 1 aromatic heterocycles. The van der Waals surface area contributed by atoms with Gasteiger partial charge in [0, 0.05) is 25.7 Å². The lowest BCUT2D eigenvalue weighted by Crippen LogP contribution is -2.26. The number of carbonyl (C=O) groups is 1. The summed E-state index contributed by atoms with van der Waals surface area (Å²) in [5.74, 6) is 0.375. The minimum absolute atomic E-state index is 0.0761. The van der Waals surface area contributed by atoms with Gasteiger partial charge in [-0.15, -0.1) is 0 Å². The van der Waals surface area contributed by atoms with Crippen LogP contribution in [0.25, 0.3) is 28.4 Å². The Morgan fingerprint density at radius 3 is 2.33 bits per heavy atom. The molecule has 1 aliphatic heterocycles. The van der Waals surface area contributed by atoms with Crippen molar-refractivity contribution in [2.75, 3.05) is 14.1 Å². The van der Waals surface area contributed by atoms with Crippen LogP contribution in [0.4, 0.5) is 0 Å². The quantitative estimate of drug-likeness (QED) is 0.506. The second-order valence-electron chi connectivity index (χ2n) is 6.33. The Balaban J connectivity index is 1.69. The van der Waals surface area contributed by atoms with Crippen molar-refractivity contribution >= 4 is 40.3 Å². The summed E-state index contributed by atoms with van der Waals surface area (Å²) in [4.78, 5) is 27.7. The Labute approximate surface area is 161 Å². The van der Waals surface area contributed by atoms with Crippen molar-refractivity contribution in [1.82, 2.24) is 9.80 Å². The Hall–Kier alpha value is -3.25. The van der Waals surface area contributed by atoms with Crippen molar-refractivity contribution in [3.05, 3.63) is 76.1 Å². The fourth-order valence-electron chi connectivity index (χ4n) is 3.04. The van der Waals surface area contributed by atoms with Gasteiger partial charge in [0.15, 0.2) is 10.5 Å². The second kappa shape index (κ2) is 6.48. The third-order valence-corrected chi connectivity index (χ3v) is 5.14. The van der Waals surface area contributed by atoms with Crippen molar-refractivity contribution in [2.24, 2.45) is 0 Å². The fraction of sp³-hybridized carbons (Fsp3) is 0.0952. The van der Waals surface area contributed by atoms with Gasteiger partial charge in [-0.2, -0.15) is 0 Å². The summed E-state index contributed by atoms with van der Waals surface area (Å²) in [6.45, 7) is 0. The summed E-state index contributed by atoms with van der Waals surface area (Å²) < 4.78 is 5.86. The molecule has 2 heterocycles. The molecule has 4 rings (SSSR count). The summed E-state index contributed by atoms with van der Waals surface area (Å²) in [5.41, 5.74) is 2.65. The lowest BCUT2D eigenvalue weighted by molar-refractivity contribution is -0.121. The summed E-state index contributed by atoms with van der Waals surface area (Å²) in [7, 11) is 3.43. The minimum atomic E-state index is -0.132. The van der Waals surface area contributed by atoms with Crippen LogP contribution < -0.4 is 5.43 Å². The van der Waals surface area contributed by atoms with Crippen LogP contribution in [0.1, 0.15) is 5.56 Å². The minimum Gasteiger partial charge on any atom is -0.456 e. The van der Waals surface area contributed by atoms with Gasteiger partial charge in [0.25, 0.3) is 5.91 Å². The van der Waals surface area contributed by atoms with Crippen LogP contribution in [-0.2, 0) is 4.79 Å². The second-order valence-corrected chi connectivity index (χ2v) is 6.69. The van der Waals surface area contributed by atoms with Gasteiger partial charge in [-0.3, -0.25) is 14.5 Å². The average molecular weight is 376 g/mol. The van der Waals surface area contributed by atoms with Crippen LogP contribution in [0, 0.1) is 0 Å². The Morgan fingerprint density at radius 2 is 1.67 bits per heavy atom. The third kappa shape index (κ3) is 2.94. The number of likely N-dealkylation sites (N-methyl/N-ethyl adjacent to an activating group) is 2. The Bertz CT molecular complexity index is 1160. The molecule has 0 aliphatic carbocycles. The molecule has 0 atom stereocenters. The molecule has 0 unspecified atom stereocenters. The molecular weight excluding hydrogens is 360 g/mol. The van der Waals surface area contributed by atoms with Crippen LogP contribution in [0.5, 0.6) is 0 Å². The summed E-state index contributed by atoms with van der Waals surface area (Å²) >= 11 is 5.22. The first kappa shape index (κ1) is 17.2. The maximum absolute atomic E-state index is 12.3. The molecule has 134 valence electrons. The van der Waals surface area contributed by atoms with Crippen LogP contribution in [0.2, 0.25) is 0 Å². The van der Waals surface area contributed by atoms with Crippen LogP contribution in [0.15, 0.2) is 69.5 Å². The number of carbonyl (C=O) groups excluding carboxylic acids is 1. The molecule has 0 bridgehead atoms. The lowest BCUT2D eigenvalue weighted by Gasteiger charge is -2.11. The van der Waals surface area contributed by atoms with E-state index in [2.05, 4.69) is 0 Å². The Morgan fingerprint density at radius 1 is 0.963 bits per heavy atom. The molecule has 1 saturated heterocycles. The zero-order valence-electron chi connectivity index (χ0n) is 14.8. The average Bonchev–Trinajstić information content (AvgIpc) is 2.86. The highest BCUT2D eigenvalue weighted by molar-refractivity contribution is 7.80. The standard InChI is InChI=1S/C21H16N2O3S/c1-22-16(20(25)23(2)21(22)27)11-13-7-9-14(10-8-13)19-12-17(24)15-5-3-4-6-18(15)26-19/h3-12H,1-2H3/b16-11+. The molecule has 6 heteroatoms. The van der Waals surface area contributed by atoms with Crippen molar-refractivity contribution in [2.45, 2.75) is 0 Å². The number of hydrogen-bond donors (Lipinski definition) is 0. The van der Waals surface area contributed by atoms with Gasteiger partial charge in [0.05, 0.1) is 5.39 Å². The highest BCUT2D eigenvalue weighted by atomic mass is 32.1. The van der Waals surface area contributed by atoms with E-state index >= 15 is 0 Å². The first-order valence-corrected chi connectivity index (χ1v) is 8.77. The number of benzene rings is 2. The smallest absolute Gasteiger partial charge is 0.276 e. The molecule has 2 aromatic carbocycles. The number of rotatable bonds is 2. The van der Waals surface area contributed by atoms with Crippen molar-refractivity contribution in [3.63, 3.8) is 0 Å². The van der Waals surface area contributed by atoms with Gasteiger partial charge in [0.2, 0.25) is 0 Å². The normalized spacial score (nSPS) is 16.0. The summed E-state index contributed by atoms with van der Waals surface area (Å²) in [6, 6.07) is 16.1. The zero-order valence-corrected chi connectivity index (χ0v) is 15.6. The van der Waals surface area contributed by atoms with Gasteiger partial charge in [-0.1, -0.05) is 36.4 Å². The van der Waals surface area contributed by atoms with Gasteiger partial charge in [-0.05, 0) is 36.0 Å². The largest absolute Gasteiger partial charge is 0.456 e. The molecule has 0 spiro atoms. The molecule has 0 saturated carbocycles. The van der Waals surface area contributed by atoms with E-state index in [0.29, 0.717) is 27.5 Å². The van der Waals surface area contributed by atoms with Gasteiger partial charge < -0.3 is 9.32 Å². The molecule has 5 nitrogen and oxygen atoms in total. The van der Waals surface area contributed by atoms with Gasteiger partial charge >= 0.3 is 0 Å². The molecule has 1 fully saturated rings. The Kier molecular flexibility index (Phi) is 4.12. The zero-order chi connectivity index (χ0) is 19.1. The molecule has 0 radical (unpaired) electrons. The number of fused-ring (bicyclic) bond motifs is 1. The molecule has 0 N–H and O–H groups in total. The number of para-hydroxylation sites is 1. The van der Waals surface area contributed by atoms with Crippen LogP contribution in [-0.4, -0.2) is 34.9 Å². The monoisotopic (exact) mass is 376 g/mol. The predicted molar refractivity (Wildman–Crippen MR) is 109 cm³/mol. The molecule has 27 heavy (non-hydrogen) atoms. The highest BCUT2D eigenvalue weighted by Gasteiger charge is 2.32. The summed E-state index contributed by atoms with van der Waals surface area (Å²) in [6.07, 6.45) is 1.79. The van der Waals surface area contributed by atoms with E-state index in [1.165, 1.54) is 11.0 Å². The topological polar surface area (TPSA) is 53.8 Å². The van der Waals surface area contributed by atoms with Crippen LogP contribution in [0.3, 0.4) is 0 Å². The molecule has 3 aromatic rings. The van der Waals surface area contributed by atoms with Crippen molar-refractivity contribution in [1.29, 1.82) is 0 Å². The number of amides is 1. The van der Waals surface area contributed by atoms with E-state index < -0.39 is 0 Å². The molecule has 1 aliphatic rings. The fourth-order valence-corrected chi connectivity index (χ4v) is 3.22. The van der Waals surface area contributed by atoms with E-state index in [9.17, 15) is 9.59 Å². The van der Waals surface area contributed by atoms with Crippen LogP contribution >= 0.6 is 12.2 Å². The number of thiocarbonyl (C=S) groups is 1.